The van der Waals surface area contributed by atoms with Crippen LogP contribution in [0.1, 0.15) is 0 Å². The summed E-state index contributed by atoms with van der Waals surface area (Å²) in [6.07, 6.45) is 0. The molecule has 0 aliphatic heterocycles. The molecule has 0 spiro atoms. The molecule has 188 valence electrons. The summed E-state index contributed by atoms with van der Waals surface area (Å²) in [6.45, 7) is -0.497. The van der Waals surface area contributed by atoms with Crippen molar-refractivity contribution in [3.8, 4) is 45.5 Å². The number of nitrogens with zero attached hydrogens (tertiary/aromatic N) is 1. The summed E-state index contributed by atoms with van der Waals surface area (Å²) in [5.74, 6) is 1.24. The van der Waals surface area contributed by atoms with Crippen molar-refractivity contribution in [3.05, 3.63) is 65.0 Å². The number of rotatable bonds is 8. The predicted molar refractivity (Wildman–Crippen MR) is 141 cm³/mol. The van der Waals surface area contributed by atoms with Crippen LogP contribution in [0.4, 0.5) is 0 Å². The maximum atomic E-state index is 13.1. The van der Waals surface area contributed by atoms with Gasteiger partial charge in [0, 0.05) is 21.7 Å². The SMILES string of the molecule is COc1cc(OC)cc(-c2ccc3c(c2)sc2nc(-c4ccc(OCC(=O)O)c(OC)c4)[nH]c(=O)c23)c1. The normalized spacial score (nSPS) is 11.0. The van der Waals surface area contributed by atoms with E-state index in [0.717, 1.165) is 21.2 Å². The molecule has 0 aliphatic rings. The molecule has 0 fully saturated rings. The minimum absolute atomic E-state index is 0.257. The molecule has 3 aromatic carbocycles. The highest BCUT2D eigenvalue weighted by molar-refractivity contribution is 7.25. The van der Waals surface area contributed by atoms with Crippen LogP contribution >= 0.6 is 11.3 Å². The molecule has 0 bridgehead atoms. The van der Waals surface area contributed by atoms with E-state index in [1.54, 1.807) is 32.4 Å². The first kappa shape index (κ1) is 24.1. The summed E-state index contributed by atoms with van der Waals surface area (Å²) in [5, 5.41) is 10.2. The number of carboxylic acids is 1. The molecule has 37 heavy (non-hydrogen) atoms. The van der Waals surface area contributed by atoms with E-state index in [-0.39, 0.29) is 11.3 Å². The number of nitrogens with one attached hydrogen (secondary N) is 1. The van der Waals surface area contributed by atoms with E-state index >= 15 is 0 Å². The Labute approximate surface area is 214 Å². The predicted octanol–water partition coefficient (Wildman–Crippen LogP) is 4.96. The molecule has 5 rings (SSSR count). The van der Waals surface area contributed by atoms with Crippen LogP contribution in [0.15, 0.2) is 59.4 Å². The zero-order valence-corrected chi connectivity index (χ0v) is 21.0. The molecule has 0 aliphatic carbocycles. The molecule has 2 N–H and O–H groups in total. The maximum Gasteiger partial charge on any atom is 0.341 e. The first-order chi connectivity index (χ1) is 17.9. The van der Waals surface area contributed by atoms with Gasteiger partial charge in [0.15, 0.2) is 18.1 Å². The Bertz CT molecular complexity index is 1680. The van der Waals surface area contributed by atoms with Crippen LogP contribution in [0.5, 0.6) is 23.0 Å². The van der Waals surface area contributed by atoms with Crippen LogP contribution in [0.3, 0.4) is 0 Å². The smallest absolute Gasteiger partial charge is 0.341 e. The Balaban J connectivity index is 1.57. The first-order valence-electron chi connectivity index (χ1n) is 11.1. The number of aromatic nitrogens is 2. The summed E-state index contributed by atoms with van der Waals surface area (Å²) >= 11 is 1.42. The third kappa shape index (κ3) is 4.66. The van der Waals surface area contributed by atoms with E-state index in [1.807, 2.05) is 36.4 Å². The van der Waals surface area contributed by atoms with E-state index in [2.05, 4.69) is 4.98 Å². The van der Waals surface area contributed by atoms with E-state index in [9.17, 15) is 9.59 Å². The molecule has 0 atom stereocenters. The molecule has 0 saturated heterocycles. The van der Waals surface area contributed by atoms with Gasteiger partial charge in [0.2, 0.25) is 0 Å². The van der Waals surface area contributed by atoms with Crippen molar-refractivity contribution in [3.63, 3.8) is 0 Å². The number of aliphatic carboxylic acids is 1. The number of fused-ring (bicyclic) bond motifs is 3. The highest BCUT2D eigenvalue weighted by Crippen LogP contribution is 2.37. The highest BCUT2D eigenvalue weighted by Gasteiger charge is 2.16. The van der Waals surface area contributed by atoms with Crippen LogP contribution < -0.4 is 24.5 Å². The number of H-pyrrole nitrogens is 1. The fraction of sp³-hybridized carbons (Fsp3) is 0.148. The van der Waals surface area contributed by atoms with Gasteiger partial charge in [-0.15, -0.1) is 11.3 Å². The van der Waals surface area contributed by atoms with Gasteiger partial charge in [-0.05, 0) is 47.5 Å². The number of aromatic amines is 1. The second-order valence-electron chi connectivity index (χ2n) is 8.06. The fourth-order valence-corrected chi connectivity index (χ4v) is 5.16. The van der Waals surface area contributed by atoms with E-state index in [1.165, 1.54) is 18.4 Å². The fourth-order valence-electron chi connectivity index (χ4n) is 4.05. The third-order valence-electron chi connectivity index (χ3n) is 5.82. The topological polar surface area (TPSA) is 120 Å². The number of ether oxygens (including phenoxy) is 4. The summed E-state index contributed by atoms with van der Waals surface area (Å²) in [5.41, 5.74) is 2.22. The molecule has 5 aromatic rings. The Morgan fingerprint density at radius 3 is 2.30 bits per heavy atom. The number of methoxy groups -OCH3 is 3. The number of hydrogen-bond donors (Lipinski definition) is 2. The van der Waals surface area contributed by atoms with Gasteiger partial charge in [0.25, 0.3) is 5.56 Å². The van der Waals surface area contributed by atoms with E-state index in [4.69, 9.17) is 29.0 Å². The van der Waals surface area contributed by atoms with Crippen molar-refractivity contribution in [1.29, 1.82) is 0 Å². The number of hydrogen-bond acceptors (Lipinski definition) is 8. The van der Waals surface area contributed by atoms with Crippen LogP contribution in [0.2, 0.25) is 0 Å². The van der Waals surface area contributed by atoms with Crippen LogP contribution in [-0.4, -0.2) is 49.0 Å². The van der Waals surface area contributed by atoms with Gasteiger partial charge in [0.05, 0.1) is 26.7 Å². The average Bonchev–Trinajstić information content (AvgIpc) is 3.29. The maximum absolute atomic E-state index is 13.1. The lowest BCUT2D eigenvalue weighted by Crippen LogP contribution is -2.10. The summed E-state index contributed by atoms with van der Waals surface area (Å²) in [7, 11) is 4.67. The lowest BCUT2D eigenvalue weighted by molar-refractivity contribution is -0.139. The number of carbonyl (C=O) groups is 1. The molecular formula is C27H22N2O7S. The number of benzene rings is 3. The summed E-state index contributed by atoms with van der Waals surface area (Å²) in [6, 6.07) is 16.5. The largest absolute Gasteiger partial charge is 0.497 e. The van der Waals surface area contributed by atoms with Crippen molar-refractivity contribution in [2.45, 2.75) is 0 Å². The molecule has 2 heterocycles. The van der Waals surface area contributed by atoms with Gasteiger partial charge in [-0.2, -0.15) is 0 Å². The Morgan fingerprint density at radius 2 is 1.62 bits per heavy atom. The van der Waals surface area contributed by atoms with Gasteiger partial charge < -0.3 is 29.0 Å². The minimum atomic E-state index is -1.10. The third-order valence-corrected chi connectivity index (χ3v) is 6.86. The van der Waals surface area contributed by atoms with Crippen molar-refractivity contribution < 1.29 is 28.8 Å². The molecule has 0 radical (unpaired) electrons. The lowest BCUT2D eigenvalue weighted by Gasteiger charge is -2.10. The second kappa shape index (κ2) is 9.82. The quantitative estimate of drug-likeness (QED) is 0.296. The first-order valence-corrected chi connectivity index (χ1v) is 11.9. The van der Waals surface area contributed by atoms with Gasteiger partial charge in [-0.25, -0.2) is 9.78 Å². The molecule has 2 aromatic heterocycles. The van der Waals surface area contributed by atoms with Crippen molar-refractivity contribution in [2.75, 3.05) is 27.9 Å². The monoisotopic (exact) mass is 518 g/mol. The Kier molecular flexibility index (Phi) is 6.41. The molecule has 0 saturated carbocycles. The van der Waals surface area contributed by atoms with E-state index < -0.39 is 12.6 Å². The number of thiophene rings is 1. The van der Waals surface area contributed by atoms with E-state index in [0.29, 0.717) is 38.9 Å². The Hall–Kier alpha value is -4.57. The Morgan fingerprint density at radius 1 is 0.892 bits per heavy atom. The van der Waals surface area contributed by atoms with Crippen molar-refractivity contribution in [1.82, 2.24) is 9.97 Å². The second-order valence-corrected chi connectivity index (χ2v) is 9.09. The standard InChI is InChI=1S/C27H22N2O7S/c1-33-17-8-16(9-18(12-17)34-2)14-4-6-19-22(11-14)37-27-24(19)26(32)28-25(29-27)15-5-7-20(21(10-15)35-3)36-13-23(30)31/h4-12H,13H2,1-3H3,(H,30,31)(H,28,29,32). The van der Waals surface area contributed by atoms with Gasteiger partial charge in [-0.1, -0.05) is 12.1 Å². The highest BCUT2D eigenvalue weighted by atomic mass is 32.1. The zero-order valence-electron chi connectivity index (χ0n) is 20.2. The number of carboxylic acid groups (broad SMARTS) is 1. The molecule has 10 heteroatoms. The minimum Gasteiger partial charge on any atom is -0.497 e. The van der Waals surface area contributed by atoms with Crippen molar-refractivity contribution >= 4 is 37.6 Å². The van der Waals surface area contributed by atoms with Crippen LogP contribution in [-0.2, 0) is 4.79 Å². The molecule has 0 unspecified atom stereocenters. The summed E-state index contributed by atoms with van der Waals surface area (Å²) in [4.78, 5) is 32.1. The van der Waals surface area contributed by atoms with Gasteiger partial charge >= 0.3 is 5.97 Å². The summed E-state index contributed by atoms with van der Waals surface area (Å²) < 4.78 is 22.3. The zero-order chi connectivity index (χ0) is 26.1. The average molecular weight is 519 g/mol. The van der Waals surface area contributed by atoms with Crippen LogP contribution in [0, 0.1) is 0 Å². The lowest BCUT2D eigenvalue weighted by atomic mass is 10.0. The van der Waals surface area contributed by atoms with Gasteiger partial charge in [0.1, 0.15) is 22.2 Å². The molecular weight excluding hydrogens is 496 g/mol. The van der Waals surface area contributed by atoms with Crippen molar-refractivity contribution in [2.24, 2.45) is 0 Å². The van der Waals surface area contributed by atoms with Crippen LogP contribution in [0.25, 0.3) is 42.8 Å². The molecule has 9 nitrogen and oxygen atoms in total. The molecule has 0 amide bonds. The van der Waals surface area contributed by atoms with Gasteiger partial charge in [-0.3, -0.25) is 4.79 Å².